The SMILES string of the molecule is C[C@H](Oc1cccc(Cl)c1)C(=O)N1CCOc2cccnc21. The van der Waals surface area contributed by atoms with E-state index in [1.165, 1.54) is 0 Å². The fourth-order valence-electron chi connectivity index (χ4n) is 2.28. The summed E-state index contributed by atoms with van der Waals surface area (Å²) < 4.78 is 11.2. The van der Waals surface area contributed by atoms with Crippen LogP contribution in [0.1, 0.15) is 6.92 Å². The van der Waals surface area contributed by atoms with E-state index in [-0.39, 0.29) is 5.91 Å². The molecule has 0 saturated heterocycles. The maximum atomic E-state index is 12.6. The van der Waals surface area contributed by atoms with Crippen LogP contribution in [-0.4, -0.2) is 30.1 Å². The summed E-state index contributed by atoms with van der Waals surface area (Å²) in [5.41, 5.74) is 0. The minimum atomic E-state index is -0.647. The van der Waals surface area contributed by atoms with E-state index in [1.54, 1.807) is 54.4 Å². The molecule has 1 aromatic carbocycles. The molecule has 6 heteroatoms. The molecule has 1 amide bonds. The lowest BCUT2D eigenvalue weighted by atomic mass is 10.2. The fraction of sp³-hybridized carbons (Fsp3) is 0.250. The molecule has 2 aromatic rings. The quantitative estimate of drug-likeness (QED) is 0.873. The van der Waals surface area contributed by atoms with Gasteiger partial charge in [-0.3, -0.25) is 9.69 Å². The summed E-state index contributed by atoms with van der Waals surface area (Å²) in [6.45, 7) is 2.60. The van der Waals surface area contributed by atoms with Crippen molar-refractivity contribution in [2.24, 2.45) is 0 Å². The van der Waals surface area contributed by atoms with Crippen LogP contribution in [0.4, 0.5) is 5.82 Å². The zero-order valence-electron chi connectivity index (χ0n) is 12.0. The van der Waals surface area contributed by atoms with E-state index in [9.17, 15) is 4.79 Å². The van der Waals surface area contributed by atoms with Gasteiger partial charge < -0.3 is 9.47 Å². The number of halogens is 1. The largest absolute Gasteiger partial charge is 0.488 e. The van der Waals surface area contributed by atoms with Gasteiger partial charge in [0.2, 0.25) is 0 Å². The van der Waals surface area contributed by atoms with Crippen LogP contribution in [0.3, 0.4) is 0 Å². The number of pyridine rings is 1. The van der Waals surface area contributed by atoms with Gasteiger partial charge in [0, 0.05) is 11.2 Å². The van der Waals surface area contributed by atoms with Crippen LogP contribution in [0.2, 0.25) is 5.02 Å². The van der Waals surface area contributed by atoms with Crippen LogP contribution >= 0.6 is 11.6 Å². The van der Waals surface area contributed by atoms with E-state index in [0.717, 1.165) is 0 Å². The summed E-state index contributed by atoms with van der Waals surface area (Å²) in [6.07, 6.45) is 0.988. The fourth-order valence-corrected chi connectivity index (χ4v) is 2.46. The molecule has 0 unspecified atom stereocenters. The molecule has 2 heterocycles. The number of benzene rings is 1. The number of hydrogen-bond acceptors (Lipinski definition) is 4. The maximum Gasteiger partial charge on any atom is 0.269 e. The van der Waals surface area contributed by atoms with Crippen LogP contribution in [0.15, 0.2) is 42.6 Å². The number of carbonyl (C=O) groups excluding carboxylic acids is 1. The highest BCUT2D eigenvalue weighted by Gasteiger charge is 2.29. The highest BCUT2D eigenvalue weighted by Crippen LogP contribution is 2.29. The van der Waals surface area contributed by atoms with E-state index in [0.29, 0.717) is 35.5 Å². The minimum absolute atomic E-state index is 0.164. The van der Waals surface area contributed by atoms with Gasteiger partial charge >= 0.3 is 0 Å². The van der Waals surface area contributed by atoms with E-state index < -0.39 is 6.10 Å². The topological polar surface area (TPSA) is 51.7 Å². The molecule has 0 radical (unpaired) electrons. The number of hydrogen-bond donors (Lipinski definition) is 0. The molecule has 22 heavy (non-hydrogen) atoms. The number of aromatic nitrogens is 1. The van der Waals surface area contributed by atoms with Crippen molar-refractivity contribution >= 4 is 23.3 Å². The molecule has 0 spiro atoms. The van der Waals surface area contributed by atoms with E-state index >= 15 is 0 Å². The molecular weight excluding hydrogens is 304 g/mol. The number of nitrogens with zero attached hydrogens (tertiary/aromatic N) is 2. The summed E-state index contributed by atoms with van der Waals surface area (Å²) in [5, 5.41) is 0.565. The van der Waals surface area contributed by atoms with Crippen LogP contribution in [-0.2, 0) is 4.79 Å². The van der Waals surface area contributed by atoms with E-state index in [1.807, 2.05) is 0 Å². The van der Waals surface area contributed by atoms with Gasteiger partial charge in [0.25, 0.3) is 5.91 Å². The van der Waals surface area contributed by atoms with Crippen molar-refractivity contribution in [3.63, 3.8) is 0 Å². The number of carbonyl (C=O) groups is 1. The first kappa shape index (κ1) is 14.7. The standard InChI is InChI=1S/C16H15ClN2O3/c1-11(22-13-5-2-4-12(17)10-13)16(20)19-8-9-21-14-6-3-7-18-15(14)19/h2-7,10-11H,8-9H2,1H3/t11-/m0/s1. The Morgan fingerprint density at radius 1 is 1.41 bits per heavy atom. The first-order chi connectivity index (χ1) is 10.6. The monoisotopic (exact) mass is 318 g/mol. The normalized spacial score (nSPS) is 14.7. The molecule has 1 atom stereocenters. The predicted molar refractivity (Wildman–Crippen MR) is 83.6 cm³/mol. The third kappa shape index (κ3) is 2.99. The van der Waals surface area contributed by atoms with Gasteiger partial charge in [-0.25, -0.2) is 4.98 Å². The third-order valence-electron chi connectivity index (χ3n) is 3.30. The molecule has 0 bridgehead atoms. The Morgan fingerprint density at radius 2 is 2.27 bits per heavy atom. The van der Waals surface area contributed by atoms with Crippen molar-refractivity contribution in [3.8, 4) is 11.5 Å². The molecule has 1 aliphatic rings. The molecule has 5 nitrogen and oxygen atoms in total. The lowest BCUT2D eigenvalue weighted by Gasteiger charge is -2.30. The minimum Gasteiger partial charge on any atom is -0.488 e. The highest BCUT2D eigenvalue weighted by atomic mass is 35.5. The van der Waals surface area contributed by atoms with Gasteiger partial charge in [-0.05, 0) is 37.3 Å². The van der Waals surface area contributed by atoms with Gasteiger partial charge in [-0.2, -0.15) is 0 Å². The summed E-state index contributed by atoms with van der Waals surface area (Å²) in [7, 11) is 0. The van der Waals surface area contributed by atoms with Crippen molar-refractivity contribution in [2.75, 3.05) is 18.1 Å². The number of amides is 1. The van der Waals surface area contributed by atoms with Gasteiger partial charge in [0.05, 0.1) is 6.54 Å². The lowest BCUT2D eigenvalue weighted by molar-refractivity contribution is -0.124. The highest BCUT2D eigenvalue weighted by molar-refractivity contribution is 6.30. The van der Waals surface area contributed by atoms with Crippen LogP contribution < -0.4 is 14.4 Å². The van der Waals surface area contributed by atoms with Gasteiger partial charge in [0.1, 0.15) is 12.4 Å². The molecule has 3 rings (SSSR count). The van der Waals surface area contributed by atoms with Crippen molar-refractivity contribution in [1.29, 1.82) is 0 Å². The second kappa shape index (κ2) is 6.23. The second-order valence-electron chi connectivity index (χ2n) is 4.88. The Morgan fingerprint density at radius 3 is 3.09 bits per heavy atom. The number of ether oxygens (including phenoxy) is 2. The molecule has 0 fully saturated rings. The Balaban J connectivity index is 1.77. The first-order valence-corrected chi connectivity index (χ1v) is 7.34. The smallest absolute Gasteiger partial charge is 0.269 e. The van der Waals surface area contributed by atoms with Gasteiger partial charge in [0.15, 0.2) is 17.7 Å². The molecule has 0 saturated carbocycles. The van der Waals surface area contributed by atoms with Crippen molar-refractivity contribution in [3.05, 3.63) is 47.6 Å². The molecule has 1 aromatic heterocycles. The number of rotatable bonds is 3. The molecular formula is C16H15ClN2O3. The average Bonchev–Trinajstić information content (AvgIpc) is 2.53. The van der Waals surface area contributed by atoms with Crippen molar-refractivity contribution < 1.29 is 14.3 Å². The van der Waals surface area contributed by atoms with E-state index in [2.05, 4.69) is 4.98 Å². The van der Waals surface area contributed by atoms with Crippen molar-refractivity contribution in [1.82, 2.24) is 4.98 Å². The maximum absolute atomic E-state index is 12.6. The van der Waals surface area contributed by atoms with Crippen LogP contribution in [0.5, 0.6) is 11.5 Å². The van der Waals surface area contributed by atoms with Crippen LogP contribution in [0, 0.1) is 0 Å². The lowest BCUT2D eigenvalue weighted by Crippen LogP contribution is -2.45. The summed E-state index contributed by atoms with van der Waals surface area (Å²) >= 11 is 5.92. The molecule has 114 valence electrons. The van der Waals surface area contributed by atoms with Gasteiger partial charge in [-0.1, -0.05) is 17.7 Å². The first-order valence-electron chi connectivity index (χ1n) is 6.96. The van der Waals surface area contributed by atoms with Crippen molar-refractivity contribution in [2.45, 2.75) is 13.0 Å². The second-order valence-corrected chi connectivity index (χ2v) is 5.32. The Labute approximate surface area is 133 Å². The Kier molecular flexibility index (Phi) is 4.15. The summed E-state index contributed by atoms with van der Waals surface area (Å²) in [6, 6.07) is 10.5. The third-order valence-corrected chi connectivity index (χ3v) is 3.54. The summed E-state index contributed by atoms with van der Waals surface area (Å²) in [5.74, 6) is 1.53. The average molecular weight is 319 g/mol. The Hall–Kier alpha value is -2.27. The zero-order chi connectivity index (χ0) is 15.5. The van der Waals surface area contributed by atoms with Crippen LogP contribution in [0.25, 0.3) is 0 Å². The predicted octanol–water partition coefficient (Wildman–Crippen LogP) is 2.93. The number of fused-ring (bicyclic) bond motifs is 1. The molecule has 1 aliphatic heterocycles. The molecule has 0 N–H and O–H groups in total. The van der Waals surface area contributed by atoms with E-state index in [4.69, 9.17) is 21.1 Å². The van der Waals surface area contributed by atoms with Gasteiger partial charge in [-0.15, -0.1) is 0 Å². The Bertz CT molecular complexity index is 693. The zero-order valence-corrected chi connectivity index (χ0v) is 12.8. The summed E-state index contributed by atoms with van der Waals surface area (Å²) in [4.78, 5) is 18.4. The number of anilines is 1. The molecule has 0 aliphatic carbocycles.